The number of aliphatic hydroxyl groups excluding tert-OH is 3. The Labute approximate surface area is 209 Å². The summed E-state index contributed by atoms with van der Waals surface area (Å²) in [6.07, 6.45) is 5.92. The lowest BCUT2D eigenvalue weighted by Gasteiger charge is -2.41. The van der Waals surface area contributed by atoms with Crippen LogP contribution in [0.1, 0.15) is 48.5 Å². The molecule has 1 saturated heterocycles. The van der Waals surface area contributed by atoms with Gasteiger partial charge < -0.3 is 39.3 Å². The summed E-state index contributed by atoms with van der Waals surface area (Å²) < 4.78 is 32.7. The van der Waals surface area contributed by atoms with Gasteiger partial charge in [0.25, 0.3) is 0 Å². The number of benzene rings is 1. The van der Waals surface area contributed by atoms with Crippen LogP contribution in [0.15, 0.2) is 66.5 Å². The third kappa shape index (κ3) is 5.99. The molecule has 2 heterocycles. The second-order valence-corrected chi connectivity index (χ2v) is 10.1. The van der Waals surface area contributed by atoms with Gasteiger partial charge in [-0.15, -0.1) is 0 Å². The van der Waals surface area contributed by atoms with Crippen LogP contribution in [0.2, 0.25) is 0 Å². The van der Waals surface area contributed by atoms with E-state index >= 15 is 0 Å². The summed E-state index contributed by atoms with van der Waals surface area (Å²) in [4.78, 5) is 18.1. The molecule has 1 fully saturated rings. The van der Waals surface area contributed by atoms with Gasteiger partial charge in [0.2, 0.25) is 0 Å². The molecule has 6 atom stereocenters. The van der Waals surface area contributed by atoms with Gasteiger partial charge >= 0.3 is 7.82 Å². The predicted molar refractivity (Wildman–Crippen MR) is 128 cm³/mol. The van der Waals surface area contributed by atoms with Crippen molar-refractivity contribution in [3.63, 3.8) is 0 Å². The van der Waals surface area contributed by atoms with E-state index in [1.165, 1.54) is 12.5 Å². The lowest BCUT2D eigenvalue weighted by Crippen LogP contribution is -2.55. The number of phosphoric acid groups is 1. The SMILES string of the molecule is CCc1ccc([C@@H]2O[C@H](COP(=O)(O)O)[C@H](O)[C@@H](O)[C@H]2O)cc1C(C1=CC=CCC1)C1=COC=CO1. The fourth-order valence-corrected chi connectivity index (χ4v) is 5.06. The first-order valence-electron chi connectivity index (χ1n) is 11.7. The van der Waals surface area contributed by atoms with Crippen molar-refractivity contribution in [2.75, 3.05) is 6.61 Å². The number of ether oxygens (including phenoxy) is 3. The summed E-state index contributed by atoms with van der Waals surface area (Å²) in [7, 11) is -4.83. The maximum atomic E-state index is 11.1. The molecule has 196 valence electrons. The van der Waals surface area contributed by atoms with E-state index in [-0.39, 0.29) is 5.92 Å². The van der Waals surface area contributed by atoms with Crippen molar-refractivity contribution in [3.8, 4) is 0 Å². The standard InChI is InChI=1S/C25H31O10P/c1-2-15-8-9-17(25-24(28)23(27)22(26)20(35-25)14-34-36(29,30)31)12-18(15)21(16-6-4-3-5-7-16)19-13-32-10-11-33-19/h3-4,6,8-13,20-28H,2,5,7,14H2,1H3,(H2,29,30,31)/t20-,21?,22+,23-,24-,25+/m1/s1. The molecule has 36 heavy (non-hydrogen) atoms. The molecule has 0 radical (unpaired) electrons. The molecule has 11 heteroatoms. The van der Waals surface area contributed by atoms with Gasteiger partial charge in [-0.25, -0.2) is 4.57 Å². The highest BCUT2D eigenvalue weighted by molar-refractivity contribution is 7.46. The van der Waals surface area contributed by atoms with Gasteiger partial charge in [0.05, 0.1) is 12.5 Å². The number of rotatable bonds is 8. The fourth-order valence-electron chi connectivity index (χ4n) is 4.72. The summed E-state index contributed by atoms with van der Waals surface area (Å²) in [5.74, 6) is 0.319. The second kappa shape index (κ2) is 11.4. The Morgan fingerprint density at radius 1 is 1.14 bits per heavy atom. The molecule has 10 nitrogen and oxygen atoms in total. The first-order chi connectivity index (χ1) is 17.2. The molecule has 5 N–H and O–H groups in total. The highest BCUT2D eigenvalue weighted by Gasteiger charge is 2.45. The number of aryl methyl sites for hydroxylation is 1. The Bertz CT molecular complexity index is 1100. The summed E-state index contributed by atoms with van der Waals surface area (Å²) in [6, 6.07) is 5.54. The molecular formula is C25H31O10P. The zero-order chi connectivity index (χ0) is 25.9. The van der Waals surface area contributed by atoms with Crippen molar-refractivity contribution in [2.24, 2.45) is 0 Å². The minimum Gasteiger partial charge on any atom is -0.466 e. The molecule has 4 rings (SSSR count). The van der Waals surface area contributed by atoms with Gasteiger partial charge in [-0.3, -0.25) is 4.52 Å². The first kappa shape index (κ1) is 26.8. The number of phosphoric ester groups is 1. The van der Waals surface area contributed by atoms with Crippen molar-refractivity contribution in [3.05, 3.63) is 83.2 Å². The molecule has 1 unspecified atom stereocenters. The van der Waals surface area contributed by atoms with Gasteiger partial charge in [0, 0.05) is 0 Å². The summed E-state index contributed by atoms with van der Waals surface area (Å²) in [5.41, 5.74) is 3.57. The molecule has 1 aliphatic carbocycles. The molecule has 0 spiro atoms. The quantitative estimate of drug-likeness (QED) is 0.322. The minimum atomic E-state index is -4.83. The van der Waals surface area contributed by atoms with Crippen LogP contribution in [0, 0.1) is 0 Å². The third-order valence-corrected chi connectivity index (χ3v) is 7.02. The predicted octanol–water partition coefficient (Wildman–Crippen LogP) is 2.60. The van der Waals surface area contributed by atoms with Gasteiger partial charge in [-0.05, 0) is 36.0 Å². The topological polar surface area (TPSA) is 155 Å². The smallest absolute Gasteiger partial charge is 0.466 e. The van der Waals surface area contributed by atoms with E-state index in [1.54, 1.807) is 12.3 Å². The number of aliphatic hydroxyl groups is 3. The third-order valence-electron chi connectivity index (χ3n) is 6.53. The molecule has 0 saturated carbocycles. The van der Waals surface area contributed by atoms with E-state index in [0.717, 1.165) is 29.5 Å². The Kier molecular flexibility index (Phi) is 8.49. The average Bonchev–Trinajstić information content (AvgIpc) is 2.88. The Morgan fingerprint density at radius 3 is 2.58 bits per heavy atom. The Hall–Kier alpha value is -2.27. The van der Waals surface area contributed by atoms with Crippen LogP contribution in [0.3, 0.4) is 0 Å². The maximum Gasteiger partial charge on any atom is 0.469 e. The molecule has 1 aromatic rings. The van der Waals surface area contributed by atoms with E-state index < -0.39 is 44.9 Å². The second-order valence-electron chi connectivity index (χ2n) is 8.85. The van der Waals surface area contributed by atoms with E-state index in [4.69, 9.17) is 24.0 Å². The summed E-state index contributed by atoms with van der Waals surface area (Å²) in [5, 5.41) is 31.5. The zero-order valence-corrected chi connectivity index (χ0v) is 20.6. The van der Waals surface area contributed by atoms with Crippen molar-refractivity contribution in [1.29, 1.82) is 0 Å². The molecule has 3 aliphatic rings. The van der Waals surface area contributed by atoms with Gasteiger partial charge in [0.15, 0.2) is 0 Å². The molecule has 0 amide bonds. The lowest BCUT2D eigenvalue weighted by molar-refractivity contribution is -0.230. The van der Waals surface area contributed by atoms with Crippen molar-refractivity contribution in [2.45, 2.75) is 62.6 Å². The van der Waals surface area contributed by atoms with Crippen LogP contribution >= 0.6 is 7.82 Å². The van der Waals surface area contributed by atoms with Crippen LogP contribution in [-0.4, -0.2) is 56.1 Å². The van der Waals surface area contributed by atoms with Crippen LogP contribution in [0.25, 0.3) is 0 Å². The molecule has 1 aromatic carbocycles. The van der Waals surface area contributed by atoms with E-state index in [1.807, 2.05) is 31.2 Å². The van der Waals surface area contributed by atoms with Gasteiger partial charge in [-0.2, -0.15) is 0 Å². The summed E-state index contributed by atoms with van der Waals surface area (Å²) in [6.45, 7) is 1.36. The normalized spacial score (nSPS) is 29.1. The molecular weight excluding hydrogens is 491 g/mol. The number of allylic oxidation sites excluding steroid dienone is 4. The highest BCUT2D eigenvalue weighted by atomic mass is 31.2. The largest absolute Gasteiger partial charge is 0.469 e. The minimum absolute atomic E-state index is 0.278. The maximum absolute atomic E-state index is 11.1. The van der Waals surface area contributed by atoms with Crippen molar-refractivity contribution in [1.82, 2.24) is 0 Å². The fraction of sp³-hybridized carbons (Fsp3) is 0.440. The van der Waals surface area contributed by atoms with E-state index in [9.17, 15) is 19.9 Å². The van der Waals surface area contributed by atoms with Crippen molar-refractivity contribution < 1.29 is 48.4 Å². The number of hydrogen-bond donors (Lipinski definition) is 5. The van der Waals surface area contributed by atoms with E-state index in [2.05, 4.69) is 10.6 Å². The lowest BCUT2D eigenvalue weighted by atomic mass is 9.80. The van der Waals surface area contributed by atoms with Crippen LogP contribution in [0.5, 0.6) is 0 Å². The molecule has 0 bridgehead atoms. The number of hydrogen-bond acceptors (Lipinski definition) is 8. The zero-order valence-electron chi connectivity index (χ0n) is 19.7. The monoisotopic (exact) mass is 522 g/mol. The van der Waals surface area contributed by atoms with Crippen LogP contribution in [0.4, 0.5) is 0 Å². The average molecular weight is 522 g/mol. The Balaban J connectivity index is 1.72. The first-order valence-corrected chi connectivity index (χ1v) is 13.3. The van der Waals surface area contributed by atoms with Crippen LogP contribution < -0.4 is 0 Å². The van der Waals surface area contributed by atoms with Gasteiger partial charge in [0.1, 0.15) is 55.1 Å². The summed E-state index contributed by atoms with van der Waals surface area (Å²) >= 11 is 0. The van der Waals surface area contributed by atoms with Crippen molar-refractivity contribution >= 4 is 7.82 Å². The molecule has 0 aromatic heterocycles. The molecule has 2 aliphatic heterocycles. The van der Waals surface area contributed by atoms with Crippen LogP contribution in [-0.2, 0) is 29.7 Å². The Morgan fingerprint density at radius 2 is 1.94 bits per heavy atom. The van der Waals surface area contributed by atoms with E-state index in [0.29, 0.717) is 17.7 Å². The van der Waals surface area contributed by atoms with Gasteiger partial charge in [-0.1, -0.05) is 48.9 Å². The highest BCUT2D eigenvalue weighted by Crippen LogP contribution is 2.42.